The average Bonchev–Trinajstić information content (AvgIpc) is 3.27. The number of carbonyl (C=O) groups excluding carboxylic acids is 1. The Morgan fingerprint density at radius 1 is 0.971 bits per heavy atom. The Labute approximate surface area is 217 Å². The molecule has 1 fully saturated rings. The van der Waals surface area contributed by atoms with Crippen LogP contribution in [0.15, 0.2) is 53.2 Å². The van der Waals surface area contributed by atoms with Gasteiger partial charge < -0.3 is 0 Å². The maximum Gasteiger partial charge on any atom is 0.163 e. The molecular formula is C34H52O. The van der Waals surface area contributed by atoms with Crippen LogP contribution in [-0.4, -0.2) is 5.78 Å². The number of rotatable bonds is 9. The van der Waals surface area contributed by atoms with Gasteiger partial charge >= 0.3 is 0 Å². The van der Waals surface area contributed by atoms with E-state index in [-0.39, 0.29) is 5.78 Å². The predicted molar refractivity (Wildman–Crippen MR) is 157 cm³/mol. The van der Waals surface area contributed by atoms with Crippen molar-refractivity contribution in [2.45, 2.75) is 120 Å². The molecule has 1 heteroatoms. The molecule has 1 nitrogen and oxygen atoms in total. The van der Waals surface area contributed by atoms with Gasteiger partial charge in [0, 0.05) is 12.0 Å². The number of benzene rings is 1. The van der Waals surface area contributed by atoms with Crippen LogP contribution in [0.3, 0.4) is 0 Å². The van der Waals surface area contributed by atoms with E-state index in [0.717, 1.165) is 29.9 Å². The molecule has 2 aliphatic rings. The lowest BCUT2D eigenvalue weighted by atomic mass is 9.84. The van der Waals surface area contributed by atoms with E-state index >= 15 is 0 Å². The van der Waals surface area contributed by atoms with Gasteiger partial charge in [-0.05, 0) is 93.2 Å². The normalized spacial score (nSPS) is 16.1. The number of carbonyl (C=O) groups is 1. The highest BCUT2D eigenvalue weighted by atomic mass is 16.1. The van der Waals surface area contributed by atoms with Gasteiger partial charge in [-0.2, -0.15) is 0 Å². The lowest BCUT2D eigenvalue weighted by Gasteiger charge is -2.22. The van der Waals surface area contributed by atoms with E-state index in [0.29, 0.717) is 6.42 Å². The Kier molecular flexibility index (Phi) is 14.6. The molecule has 2 aliphatic carbocycles. The topological polar surface area (TPSA) is 17.1 Å². The summed E-state index contributed by atoms with van der Waals surface area (Å²) in [6.45, 7) is 20.5. The molecule has 1 aromatic rings. The molecule has 0 spiro atoms. The first kappa shape index (κ1) is 30.9. The molecule has 1 aromatic carbocycles. The van der Waals surface area contributed by atoms with Crippen LogP contribution in [0.1, 0.15) is 133 Å². The van der Waals surface area contributed by atoms with Gasteiger partial charge in [-0.15, -0.1) is 0 Å². The minimum absolute atomic E-state index is 0.230. The van der Waals surface area contributed by atoms with Crippen molar-refractivity contribution in [3.63, 3.8) is 0 Å². The first-order chi connectivity index (χ1) is 16.9. The van der Waals surface area contributed by atoms with Crippen LogP contribution in [0.25, 0.3) is 6.08 Å². The molecule has 0 amide bonds. The van der Waals surface area contributed by atoms with Gasteiger partial charge in [-0.25, -0.2) is 0 Å². The predicted octanol–water partition coefficient (Wildman–Crippen LogP) is 10.9. The molecule has 0 atom stereocenters. The zero-order chi connectivity index (χ0) is 26.4. The number of hydrogen-bond acceptors (Lipinski definition) is 1. The minimum Gasteiger partial charge on any atom is -0.294 e. The standard InChI is InChI=1S/C30H40O.2C2H6/c1-6-26(15-13-24-11-9-8-10-12-24)28-20-25(17-23(28)5)14-16-30(31)29-19-22(4)21(3)18-27(29)7-2;2*1-2/h6-7,18-20,24H,2,8-17H2,1,3-5H3;2*1-2H3/b26-6+;;. The number of allylic oxidation sites excluding steroid dienone is 6. The van der Waals surface area contributed by atoms with Crippen LogP contribution in [0.4, 0.5) is 0 Å². The van der Waals surface area contributed by atoms with Crippen molar-refractivity contribution in [2.75, 3.05) is 0 Å². The maximum atomic E-state index is 13.0. The summed E-state index contributed by atoms with van der Waals surface area (Å²) < 4.78 is 0. The molecule has 35 heavy (non-hydrogen) atoms. The fourth-order valence-electron chi connectivity index (χ4n) is 5.27. The molecule has 0 unspecified atom stereocenters. The van der Waals surface area contributed by atoms with E-state index < -0.39 is 0 Å². The quantitative estimate of drug-likeness (QED) is 0.324. The van der Waals surface area contributed by atoms with Gasteiger partial charge in [-0.1, -0.05) is 102 Å². The second kappa shape index (κ2) is 16.5. The van der Waals surface area contributed by atoms with Gasteiger partial charge in [0.2, 0.25) is 0 Å². The average molecular weight is 477 g/mol. The Hall–Kier alpha value is -2.15. The molecule has 0 aromatic heterocycles. The maximum absolute atomic E-state index is 13.0. The van der Waals surface area contributed by atoms with E-state index in [1.54, 1.807) is 0 Å². The number of aryl methyl sites for hydroxylation is 2. The van der Waals surface area contributed by atoms with Crippen molar-refractivity contribution >= 4 is 11.9 Å². The van der Waals surface area contributed by atoms with E-state index in [4.69, 9.17) is 0 Å². The summed E-state index contributed by atoms with van der Waals surface area (Å²) in [6, 6.07) is 4.12. The first-order valence-electron chi connectivity index (χ1n) is 14.2. The molecular weight excluding hydrogens is 424 g/mol. The lowest BCUT2D eigenvalue weighted by molar-refractivity contribution is 0.0982. The molecule has 0 N–H and O–H groups in total. The number of ketones is 1. The summed E-state index contributed by atoms with van der Waals surface area (Å²) >= 11 is 0. The SMILES string of the molecule is C=Cc1cc(C)c(C)cc1C(=O)CCC1=CC(/C(=C/C)CCC2CCCCC2)=C(C)C1.CC.CC. The van der Waals surface area contributed by atoms with Gasteiger partial charge in [0.15, 0.2) is 5.78 Å². The monoisotopic (exact) mass is 476 g/mol. The smallest absolute Gasteiger partial charge is 0.163 e. The molecule has 194 valence electrons. The van der Waals surface area contributed by atoms with Crippen LogP contribution in [-0.2, 0) is 0 Å². The molecule has 0 heterocycles. The van der Waals surface area contributed by atoms with Crippen molar-refractivity contribution in [2.24, 2.45) is 5.92 Å². The van der Waals surface area contributed by atoms with E-state index in [9.17, 15) is 4.79 Å². The Balaban J connectivity index is 0.00000145. The van der Waals surface area contributed by atoms with Crippen LogP contribution in [0.2, 0.25) is 0 Å². The first-order valence-corrected chi connectivity index (χ1v) is 14.2. The van der Waals surface area contributed by atoms with Crippen LogP contribution >= 0.6 is 0 Å². The molecule has 3 rings (SSSR count). The summed E-state index contributed by atoms with van der Waals surface area (Å²) in [5.74, 6) is 1.15. The summed E-state index contributed by atoms with van der Waals surface area (Å²) in [5.41, 5.74) is 9.99. The second-order valence-electron chi connectivity index (χ2n) is 9.68. The fourth-order valence-corrected chi connectivity index (χ4v) is 5.27. The van der Waals surface area contributed by atoms with Gasteiger partial charge in [0.05, 0.1) is 0 Å². The zero-order valence-electron chi connectivity index (χ0n) is 24.2. The van der Waals surface area contributed by atoms with Crippen LogP contribution < -0.4 is 0 Å². The third-order valence-corrected chi connectivity index (χ3v) is 7.40. The zero-order valence-corrected chi connectivity index (χ0v) is 24.2. The van der Waals surface area contributed by atoms with Gasteiger partial charge in [-0.3, -0.25) is 4.79 Å². The molecule has 0 radical (unpaired) electrons. The minimum atomic E-state index is 0.230. The summed E-state index contributed by atoms with van der Waals surface area (Å²) in [6.07, 6.45) is 18.6. The fraction of sp³-hybridized carbons (Fsp3) is 0.559. The van der Waals surface area contributed by atoms with Gasteiger partial charge in [0.1, 0.15) is 0 Å². The highest BCUT2D eigenvalue weighted by molar-refractivity contribution is 5.99. The Bertz CT molecular complexity index is 916. The highest BCUT2D eigenvalue weighted by Crippen LogP contribution is 2.36. The summed E-state index contributed by atoms with van der Waals surface area (Å²) in [4.78, 5) is 13.0. The largest absolute Gasteiger partial charge is 0.294 e. The molecule has 0 aliphatic heterocycles. The van der Waals surface area contributed by atoms with Crippen molar-refractivity contribution in [1.29, 1.82) is 0 Å². The number of Topliss-reactive ketones (excluding diaryl/α,β-unsaturated/α-hetero) is 1. The van der Waals surface area contributed by atoms with Crippen molar-refractivity contribution in [3.8, 4) is 0 Å². The van der Waals surface area contributed by atoms with E-state index in [1.807, 2.05) is 39.8 Å². The Morgan fingerprint density at radius 2 is 1.60 bits per heavy atom. The summed E-state index contributed by atoms with van der Waals surface area (Å²) in [7, 11) is 0. The number of hydrogen-bond donors (Lipinski definition) is 0. The van der Waals surface area contributed by atoms with E-state index in [1.165, 1.54) is 78.4 Å². The second-order valence-corrected chi connectivity index (χ2v) is 9.68. The summed E-state index contributed by atoms with van der Waals surface area (Å²) in [5, 5.41) is 0. The van der Waals surface area contributed by atoms with Crippen molar-refractivity contribution < 1.29 is 4.79 Å². The van der Waals surface area contributed by atoms with Crippen LogP contribution in [0, 0.1) is 19.8 Å². The van der Waals surface area contributed by atoms with Crippen LogP contribution in [0.5, 0.6) is 0 Å². The van der Waals surface area contributed by atoms with Gasteiger partial charge in [0.25, 0.3) is 0 Å². The molecule has 1 saturated carbocycles. The van der Waals surface area contributed by atoms with Crippen molar-refractivity contribution in [3.05, 3.63) is 75.4 Å². The third-order valence-electron chi connectivity index (χ3n) is 7.40. The lowest BCUT2D eigenvalue weighted by Crippen LogP contribution is -2.06. The molecule has 0 bridgehead atoms. The molecule has 0 saturated heterocycles. The third kappa shape index (κ3) is 9.10. The Morgan fingerprint density at radius 3 is 2.20 bits per heavy atom. The van der Waals surface area contributed by atoms with Crippen molar-refractivity contribution in [1.82, 2.24) is 0 Å². The highest BCUT2D eigenvalue weighted by Gasteiger charge is 2.19. The van der Waals surface area contributed by atoms with E-state index in [2.05, 4.69) is 52.5 Å².